The van der Waals surface area contributed by atoms with Gasteiger partial charge in [-0.15, -0.1) is 0 Å². The lowest BCUT2D eigenvalue weighted by molar-refractivity contribution is 0.168. The van der Waals surface area contributed by atoms with Crippen LogP contribution in [0, 0.1) is 18.6 Å². The minimum absolute atomic E-state index is 0.136. The van der Waals surface area contributed by atoms with E-state index in [9.17, 15) is 13.9 Å². The van der Waals surface area contributed by atoms with Gasteiger partial charge in [-0.2, -0.15) is 5.10 Å². The van der Waals surface area contributed by atoms with E-state index in [1.165, 1.54) is 12.1 Å². The van der Waals surface area contributed by atoms with Crippen molar-refractivity contribution in [3.05, 3.63) is 52.9 Å². The maximum absolute atomic E-state index is 13.9. The molecule has 1 N–H and O–H groups in total. The lowest BCUT2D eigenvalue weighted by atomic mass is 10.0. The maximum Gasteiger partial charge on any atom is 0.134 e. The second-order valence-electron chi connectivity index (χ2n) is 4.52. The molecule has 1 atom stereocenters. The summed E-state index contributed by atoms with van der Waals surface area (Å²) in [4.78, 5) is 0. The van der Waals surface area contributed by atoms with E-state index in [0.29, 0.717) is 12.1 Å². The SMILES string of the molecule is CCn1cc(CC(O)c2c(F)ccc(C)c2F)cn1. The Hall–Kier alpha value is -1.75. The van der Waals surface area contributed by atoms with E-state index in [4.69, 9.17) is 0 Å². The van der Waals surface area contributed by atoms with Gasteiger partial charge in [0.2, 0.25) is 0 Å². The molecule has 0 aliphatic rings. The maximum atomic E-state index is 13.9. The molecule has 1 heterocycles. The van der Waals surface area contributed by atoms with E-state index in [-0.39, 0.29) is 12.0 Å². The fraction of sp³-hybridized carbons (Fsp3) is 0.357. The second kappa shape index (κ2) is 5.48. The Bertz CT molecular complexity index is 581. The van der Waals surface area contributed by atoms with Crippen molar-refractivity contribution in [3.63, 3.8) is 0 Å². The van der Waals surface area contributed by atoms with Crippen LogP contribution in [0.5, 0.6) is 0 Å². The molecule has 0 radical (unpaired) electrons. The second-order valence-corrected chi connectivity index (χ2v) is 4.52. The predicted octanol–water partition coefficient (Wildman–Crippen LogP) is 2.77. The number of aliphatic hydroxyl groups excluding tert-OH is 1. The summed E-state index contributed by atoms with van der Waals surface area (Å²) in [5.41, 5.74) is 0.790. The molecule has 0 aliphatic carbocycles. The van der Waals surface area contributed by atoms with Gasteiger partial charge < -0.3 is 5.11 Å². The van der Waals surface area contributed by atoms with Crippen molar-refractivity contribution >= 4 is 0 Å². The Kier molecular flexibility index (Phi) is 3.95. The standard InChI is InChI=1S/C14H16F2N2O/c1-3-18-8-10(7-17-18)6-12(19)13-11(15)5-4-9(2)14(13)16/h4-5,7-8,12,19H,3,6H2,1-2H3. The number of aromatic nitrogens is 2. The van der Waals surface area contributed by atoms with Crippen LogP contribution in [-0.2, 0) is 13.0 Å². The normalized spacial score (nSPS) is 12.7. The molecule has 0 saturated carbocycles. The van der Waals surface area contributed by atoms with Crippen LogP contribution in [0.25, 0.3) is 0 Å². The molecule has 1 aromatic carbocycles. The van der Waals surface area contributed by atoms with Crippen LogP contribution < -0.4 is 0 Å². The van der Waals surface area contributed by atoms with Crippen LogP contribution in [0.15, 0.2) is 24.5 Å². The average Bonchev–Trinajstić information content (AvgIpc) is 2.82. The highest BCUT2D eigenvalue weighted by Gasteiger charge is 2.20. The van der Waals surface area contributed by atoms with Crippen molar-refractivity contribution < 1.29 is 13.9 Å². The minimum atomic E-state index is -1.21. The summed E-state index contributed by atoms with van der Waals surface area (Å²) in [5.74, 6) is -1.41. The average molecular weight is 266 g/mol. The van der Waals surface area contributed by atoms with Crippen LogP contribution in [0.4, 0.5) is 8.78 Å². The Morgan fingerprint density at radius 2 is 2.11 bits per heavy atom. The molecule has 0 fully saturated rings. The first-order chi connectivity index (χ1) is 9.02. The number of nitrogens with zero attached hydrogens (tertiary/aromatic N) is 2. The first kappa shape index (κ1) is 13.7. The van der Waals surface area contributed by atoms with Crippen molar-refractivity contribution in [1.82, 2.24) is 9.78 Å². The Morgan fingerprint density at radius 1 is 1.37 bits per heavy atom. The highest BCUT2D eigenvalue weighted by atomic mass is 19.1. The fourth-order valence-corrected chi connectivity index (χ4v) is 1.99. The molecule has 2 rings (SSSR count). The van der Waals surface area contributed by atoms with Crippen LogP contribution in [0.1, 0.15) is 29.7 Å². The number of halogens is 2. The quantitative estimate of drug-likeness (QED) is 0.924. The third kappa shape index (κ3) is 2.81. The van der Waals surface area contributed by atoms with Gasteiger partial charge in [0.1, 0.15) is 11.6 Å². The summed E-state index contributed by atoms with van der Waals surface area (Å²) in [5, 5.41) is 14.1. The molecule has 0 amide bonds. The number of aryl methyl sites for hydroxylation is 2. The number of rotatable bonds is 4. The van der Waals surface area contributed by atoms with Crippen molar-refractivity contribution in [1.29, 1.82) is 0 Å². The summed E-state index contributed by atoms with van der Waals surface area (Å²) in [6.45, 7) is 4.19. The minimum Gasteiger partial charge on any atom is -0.388 e. The van der Waals surface area contributed by atoms with Gasteiger partial charge >= 0.3 is 0 Å². The van der Waals surface area contributed by atoms with Gasteiger partial charge in [0, 0.05) is 19.2 Å². The van der Waals surface area contributed by atoms with Gasteiger partial charge in [-0.1, -0.05) is 6.07 Å². The molecule has 0 spiro atoms. The summed E-state index contributed by atoms with van der Waals surface area (Å²) in [6, 6.07) is 2.53. The van der Waals surface area contributed by atoms with Crippen LogP contribution in [0.2, 0.25) is 0 Å². The van der Waals surface area contributed by atoms with Crippen LogP contribution in [-0.4, -0.2) is 14.9 Å². The van der Waals surface area contributed by atoms with Gasteiger partial charge in [-0.25, -0.2) is 8.78 Å². The zero-order chi connectivity index (χ0) is 14.0. The molecule has 0 aliphatic heterocycles. The zero-order valence-corrected chi connectivity index (χ0v) is 10.9. The largest absolute Gasteiger partial charge is 0.388 e. The van der Waals surface area contributed by atoms with Crippen LogP contribution >= 0.6 is 0 Å². The highest BCUT2D eigenvalue weighted by Crippen LogP contribution is 2.25. The molecule has 3 nitrogen and oxygen atoms in total. The Labute approximate surface area is 110 Å². The van der Waals surface area contributed by atoms with E-state index < -0.39 is 17.7 Å². The lowest BCUT2D eigenvalue weighted by Crippen LogP contribution is -2.08. The molecular formula is C14H16F2N2O. The molecular weight excluding hydrogens is 250 g/mol. The summed E-state index contributed by atoms with van der Waals surface area (Å²) >= 11 is 0. The molecule has 2 aromatic rings. The zero-order valence-electron chi connectivity index (χ0n) is 10.9. The Morgan fingerprint density at radius 3 is 2.74 bits per heavy atom. The van der Waals surface area contributed by atoms with E-state index in [0.717, 1.165) is 5.56 Å². The molecule has 19 heavy (non-hydrogen) atoms. The molecule has 1 aromatic heterocycles. The van der Waals surface area contributed by atoms with Crippen LogP contribution in [0.3, 0.4) is 0 Å². The molecule has 0 bridgehead atoms. The van der Waals surface area contributed by atoms with Gasteiger partial charge in [-0.05, 0) is 31.0 Å². The van der Waals surface area contributed by atoms with Gasteiger partial charge in [0.15, 0.2) is 0 Å². The molecule has 5 heteroatoms. The number of hydrogen-bond donors (Lipinski definition) is 1. The molecule has 0 saturated heterocycles. The van der Waals surface area contributed by atoms with Gasteiger partial charge in [0.25, 0.3) is 0 Å². The van der Waals surface area contributed by atoms with Gasteiger partial charge in [-0.3, -0.25) is 4.68 Å². The van der Waals surface area contributed by atoms with E-state index in [1.54, 1.807) is 24.0 Å². The Balaban J connectivity index is 2.24. The summed E-state index contributed by atoms with van der Waals surface area (Å²) in [7, 11) is 0. The lowest BCUT2D eigenvalue weighted by Gasteiger charge is -2.13. The van der Waals surface area contributed by atoms with Crippen molar-refractivity contribution in [2.45, 2.75) is 32.9 Å². The third-order valence-electron chi connectivity index (χ3n) is 3.09. The number of benzene rings is 1. The predicted molar refractivity (Wildman–Crippen MR) is 67.7 cm³/mol. The van der Waals surface area contributed by atoms with Gasteiger partial charge in [0.05, 0.1) is 17.9 Å². The highest BCUT2D eigenvalue weighted by molar-refractivity contribution is 5.29. The van der Waals surface area contributed by atoms with Crippen molar-refractivity contribution in [2.75, 3.05) is 0 Å². The molecule has 1 unspecified atom stereocenters. The summed E-state index contributed by atoms with van der Waals surface area (Å²) < 4.78 is 29.2. The monoisotopic (exact) mass is 266 g/mol. The topological polar surface area (TPSA) is 38.0 Å². The smallest absolute Gasteiger partial charge is 0.134 e. The van der Waals surface area contributed by atoms with E-state index in [1.807, 2.05) is 6.92 Å². The van der Waals surface area contributed by atoms with E-state index in [2.05, 4.69) is 5.10 Å². The summed E-state index contributed by atoms with van der Waals surface area (Å²) in [6.07, 6.45) is 2.28. The first-order valence-corrected chi connectivity index (χ1v) is 6.16. The third-order valence-corrected chi connectivity index (χ3v) is 3.09. The van der Waals surface area contributed by atoms with Crippen molar-refractivity contribution in [3.8, 4) is 0 Å². The molecule has 102 valence electrons. The fourth-order valence-electron chi connectivity index (χ4n) is 1.99. The number of hydrogen-bond acceptors (Lipinski definition) is 2. The van der Waals surface area contributed by atoms with E-state index >= 15 is 0 Å². The first-order valence-electron chi connectivity index (χ1n) is 6.16. The number of aliphatic hydroxyl groups is 1. The van der Waals surface area contributed by atoms with Crippen molar-refractivity contribution in [2.24, 2.45) is 0 Å².